The van der Waals surface area contributed by atoms with E-state index in [0.717, 1.165) is 32.8 Å². The van der Waals surface area contributed by atoms with E-state index in [4.69, 9.17) is 9.47 Å². The molecule has 2 aliphatic rings. The number of nitrogens with zero attached hydrogens (tertiary/aromatic N) is 5. The Bertz CT molecular complexity index is 1220. The molecular weight excluding hydrogens is 443 g/mol. The number of anilines is 3. The minimum atomic E-state index is -0.658. The average molecular weight is 468 g/mol. The van der Waals surface area contributed by atoms with Gasteiger partial charge in [-0.25, -0.2) is 14.4 Å². The second-order valence-corrected chi connectivity index (χ2v) is 7.89. The highest BCUT2D eigenvalue weighted by atomic mass is 19.1. The third-order valence-corrected chi connectivity index (χ3v) is 5.58. The van der Waals surface area contributed by atoms with E-state index in [1.165, 1.54) is 19.4 Å². The van der Waals surface area contributed by atoms with Gasteiger partial charge in [0.1, 0.15) is 34.8 Å². The molecule has 1 amide bonds. The number of carbonyl (C=O) groups is 1. The maximum absolute atomic E-state index is 13.2. The van der Waals surface area contributed by atoms with Crippen LogP contribution in [0.2, 0.25) is 0 Å². The number of amides is 1. The Kier molecular flexibility index (Phi) is 6.23. The fraction of sp³-hybridized carbons (Fsp3) is 0.364. The Morgan fingerprint density at radius 2 is 2.18 bits per heavy atom. The smallest absolute Gasteiger partial charge is 0.257 e. The number of rotatable bonds is 9. The van der Waals surface area contributed by atoms with Crippen molar-refractivity contribution in [3.8, 4) is 5.88 Å². The van der Waals surface area contributed by atoms with Crippen LogP contribution in [0.4, 0.5) is 21.7 Å². The lowest BCUT2D eigenvalue weighted by Gasteiger charge is -2.26. The van der Waals surface area contributed by atoms with E-state index in [1.54, 1.807) is 22.8 Å². The molecular formula is C22H25FN8O3. The fourth-order valence-electron chi connectivity index (χ4n) is 3.71. The molecule has 0 aromatic carbocycles. The van der Waals surface area contributed by atoms with Gasteiger partial charge in [-0.1, -0.05) is 0 Å². The van der Waals surface area contributed by atoms with Crippen LogP contribution < -0.4 is 20.7 Å². The first-order valence-corrected chi connectivity index (χ1v) is 11.0. The number of fused-ring (bicyclic) bond motifs is 1. The van der Waals surface area contributed by atoms with Crippen molar-refractivity contribution in [1.82, 2.24) is 29.8 Å². The number of morpholine rings is 1. The molecule has 1 aliphatic carbocycles. The monoisotopic (exact) mass is 468 g/mol. The highest BCUT2D eigenvalue weighted by molar-refractivity contribution is 6.00. The van der Waals surface area contributed by atoms with Gasteiger partial charge in [0, 0.05) is 38.4 Å². The van der Waals surface area contributed by atoms with E-state index in [0.29, 0.717) is 35.4 Å². The Hall–Kier alpha value is -3.77. The average Bonchev–Trinajstić information content (AvgIpc) is 3.37. The van der Waals surface area contributed by atoms with Crippen LogP contribution >= 0.6 is 0 Å². The van der Waals surface area contributed by atoms with Crippen molar-refractivity contribution >= 4 is 28.9 Å². The summed E-state index contributed by atoms with van der Waals surface area (Å²) in [6.45, 7) is 4.72. The standard InChI is InChI=1S/C22H25FN8O3/c1-33-22-16(3-2-4-25-22)27-18-12-19(24-5-6-30-7-9-34-10-8-30)31-20(29-18)14(13-26-31)21(32)28-17-11-15(17)23/h2-4,11-13,17,24H,5-10H2,1H3,(H,27,29)(H,28,32)/t17-/m0/s1. The summed E-state index contributed by atoms with van der Waals surface area (Å²) in [5.74, 6) is 0.727. The highest BCUT2D eigenvalue weighted by Crippen LogP contribution is 2.27. The van der Waals surface area contributed by atoms with Gasteiger partial charge < -0.3 is 25.4 Å². The summed E-state index contributed by atoms with van der Waals surface area (Å²) in [4.78, 5) is 23.8. The summed E-state index contributed by atoms with van der Waals surface area (Å²) >= 11 is 0. The van der Waals surface area contributed by atoms with Crippen LogP contribution in [-0.2, 0) is 4.74 Å². The molecule has 11 nitrogen and oxygen atoms in total. The van der Waals surface area contributed by atoms with Crippen LogP contribution in [0.1, 0.15) is 10.4 Å². The predicted molar refractivity (Wildman–Crippen MR) is 123 cm³/mol. The van der Waals surface area contributed by atoms with Crippen LogP contribution in [0.3, 0.4) is 0 Å². The summed E-state index contributed by atoms with van der Waals surface area (Å²) in [6.07, 6.45) is 4.39. The minimum absolute atomic E-state index is 0.242. The first-order chi connectivity index (χ1) is 16.6. The second-order valence-electron chi connectivity index (χ2n) is 7.89. The molecule has 0 unspecified atom stereocenters. The van der Waals surface area contributed by atoms with Gasteiger partial charge in [-0.05, 0) is 18.2 Å². The van der Waals surface area contributed by atoms with Crippen molar-refractivity contribution < 1.29 is 18.7 Å². The van der Waals surface area contributed by atoms with Crippen molar-refractivity contribution in [2.75, 3.05) is 57.1 Å². The first-order valence-electron chi connectivity index (χ1n) is 11.0. The number of hydrogen-bond donors (Lipinski definition) is 3. The molecule has 1 fully saturated rings. The third-order valence-electron chi connectivity index (χ3n) is 5.58. The molecule has 4 heterocycles. The SMILES string of the molecule is COc1ncccc1Nc1cc(NCCN2CCOCC2)n2ncc(C(=O)N[C@H]3C=C3F)c2n1. The van der Waals surface area contributed by atoms with E-state index in [-0.39, 0.29) is 11.4 Å². The number of hydrogen-bond acceptors (Lipinski definition) is 9. The maximum atomic E-state index is 13.2. The number of aromatic nitrogens is 4. The first kappa shape index (κ1) is 22.0. The Morgan fingerprint density at radius 3 is 2.94 bits per heavy atom. The van der Waals surface area contributed by atoms with Crippen LogP contribution in [0.5, 0.6) is 5.88 Å². The zero-order valence-electron chi connectivity index (χ0n) is 18.6. The summed E-state index contributed by atoms with van der Waals surface area (Å²) in [5, 5.41) is 13.6. The van der Waals surface area contributed by atoms with Gasteiger partial charge in [0.15, 0.2) is 5.65 Å². The van der Waals surface area contributed by atoms with Gasteiger partial charge in [-0.2, -0.15) is 9.61 Å². The summed E-state index contributed by atoms with van der Waals surface area (Å²) in [5.41, 5.74) is 1.20. The number of methoxy groups -OCH3 is 1. The molecule has 3 aromatic rings. The van der Waals surface area contributed by atoms with E-state index < -0.39 is 11.9 Å². The molecule has 3 aromatic heterocycles. The van der Waals surface area contributed by atoms with Gasteiger partial charge >= 0.3 is 0 Å². The molecule has 1 atom stereocenters. The largest absolute Gasteiger partial charge is 0.480 e. The van der Waals surface area contributed by atoms with Crippen LogP contribution in [-0.4, -0.2) is 82.9 Å². The molecule has 0 bridgehead atoms. The summed E-state index contributed by atoms with van der Waals surface area (Å²) in [7, 11) is 1.53. The van der Waals surface area contributed by atoms with Crippen LogP contribution in [0, 0.1) is 0 Å². The lowest BCUT2D eigenvalue weighted by atomic mass is 10.3. The Balaban J connectivity index is 1.42. The molecule has 34 heavy (non-hydrogen) atoms. The maximum Gasteiger partial charge on any atom is 0.257 e. The fourth-order valence-corrected chi connectivity index (χ4v) is 3.71. The van der Waals surface area contributed by atoms with Gasteiger partial charge in [0.2, 0.25) is 5.88 Å². The van der Waals surface area contributed by atoms with Crippen LogP contribution in [0.25, 0.3) is 5.65 Å². The molecule has 0 radical (unpaired) electrons. The lowest BCUT2D eigenvalue weighted by Crippen LogP contribution is -2.39. The predicted octanol–water partition coefficient (Wildman–Crippen LogP) is 1.59. The number of nitrogens with one attached hydrogen (secondary N) is 3. The van der Waals surface area contributed by atoms with Crippen molar-refractivity contribution in [1.29, 1.82) is 0 Å². The highest BCUT2D eigenvalue weighted by Gasteiger charge is 2.28. The van der Waals surface area contributed by atoms with Crippen molar-refractivity contribution in [3.05, 3.63) is 48.1 Å². The van der Waals surface area contributed by atoms with Gasteiger partial charge in [-0.3, -0.25) is 9.69 Å². The molecule has 3 N–H and O–H groups in total. The Labute approximate surface area is 195 Å². The van der Waals surface area contributed by atoms with E-state index in [9.17, 15) is 9.18 Å². The van der Waals surface area contributed by atoms with Crippen LogP contribution in [0.15, 0.2) is 42.5 Å². The third kappa shape index (κ3) is 4.77. The number of halogens is 1. The zero-order chi connectivity index (χ0) is 23.5. The van der Waals surface area contributed by atoms with E-state index in [2.05, 4.69) is 35.9 Å². The molecule has 1 aliphatic heterocycles. The normalized spacial score (nSPS) is 17.8. The number of carbonyl (C=O) groups excluding carboxylic acids is 1. The van der Waals surface area contributed by atoms with Gasteiger partial charge in [0.25, 0.3) is 5.91 Å². The minimum Gasteiger partial charge on any atom is -0.480 e. The van der Waals surface area contributed by atoms with Crippen molar-refractivity contribution in [2.45, 2.75) is 6.04 Å². The lowest BCUT2D eigenvalue weighted by molar-refractivity contribution is 0.0398. The van der Waals surface area contributed by atoms with Gasteiger partial charge in [-0.15, -0.1) is 0 Å². The molecule has 1 saturated heterocycles. The molecule has 0 saturated carbocycles. The summed E-state index contributed by atoms with van der Waals surface area (Å²) in [6, 6.07) is 4.74. The molecule has 0 spiro atoms. The number of ether oxygens (including phenoxy) is 2. The molecule has 12 heteroatoms. The van der Waals surface area contributed by atoms with Crippen molar-refractivity contribution in [3.63, 3.8) is 0 Å². The zero-order valence-corrected chi connectivity index (χ0v) is 18.6. The second kappa shape index (κ2) is 9.61. The Morgan fingerprint density at radius 1 is 1.35 bits per heavy atom. The van der Waals surface area contributed by atoms with Crippen molar-refractivity contribution in [2.24, 2.45) is 0 Å². The van der Waals surface area contributed by atoms with E-state index >= 15 is 0 Å². The van der Waals surface area contributed by atoms with E-state index in [1.807, 2.05) is 6.07 Å². The summed E-state index contributed by atoms with van der Waals surface area (Å²) < 4.78 is 25.5. The molecule has 178 valence electrons. The topological polar surface area (TPSA) is 118 Å². The van der Waals surface area contributed by atoms with Gasteiger partial charge in [0.05, 0.1) is 26.5 Å². The quantitative estimate of drug-likeness (QED) is 0.430. The number of pyridine rings is 1. The molecule has 5 rings (SSSR count).